The van der Waals surface area contributed by atoms with Crippen LogP contribution in [-0.2, 0) is 4.74 Å². The van der Waals surface area contributed by atoms with Crippen LogP contribution in [0.5, 0.6) is 0 Å². The Morgan fingerprint density at radius 1 is 1.18 bits per heavy atom. The summed E-state index contributed by atoms with van der Waals surface area (Å²) in [6.07, 6.45) is 12.6. The van der Waals surface area contributed by atoms with Gasteiger partial charge in [-0.15, -0.1) is 6.42 Å². The van der Waals surface area contributed by atoms with Gasteiger partial charge in [0.25, 0.3) is 0 Å². The number of hydrogen-bond donors (Lipinski definition) is 0. The standard InChI is InChI=1S/C5H5.C4H8O.Li/c2*1-2-4-5-3-1;/h1-3H,4H2;1-4H2;/q-1;;+1. The van der Waals surface area contributed by atoms with Crippen molar-refractivity contribution in [2.24, 2.45) is 0 Å². The molecule has 0 atom stereocenters. The van der Waals surface area contributed by atoms with Crippen LogP contribution < -0.4 is 18.9 Å². The predicted molar refractivity (Wildman–Crippen MR) is 41.6 cm³/mol. The number of hydrogen-bond acceptors (Lipinski definition) is 1. The van der Waals surface area contributed by atoms with Crippen molar-refractivity contribution in [1.82, 2.24) is 0 Å². The normalized spacial score (nSPS) is 18.9. The summed E-state index contributed by atoms with van der Waals surface area (Å²) >= 11 is 0. The summed E-state index contributed by atoms with van der Waals surface area (Å²) in [6, 6.07) is 0. The molecular weight excluding hydrogens is 131 g/mol. The van der Waals surface area contributed by atoms with Crippen LogP contribution in [0.25, 0.3) is 0 Å². The molecule has 0 spiro atoms. The van der Waals surface area contributed by atoms with E-state index in [4.69, 9.17) is 4.74 Å². The zero-order valence-electron chi connectivity index (χ0n) is 7.18. The van der Waals surface area contributed by atoms with Crippen LogP contribution in [0.3, 0.4) is 0 Å². The first-order chi connectivity index (χ1) is 5.00. The molecule has 1 aliphatic heterocycles. The second kappa shape index (κ2) is 8.14. The smallest absolute Gasteiger partial charge is 0.381 e. The summed E-state index contributed by atoms with van der Waals surface area (Å²) in [5.74, 6) is 0. The minimum Gasteiger partial charge on any atom is -0.381 e. The molecule has 0 aromatic carbocycles. The fourth-order valence-corrected chi connectivity index (χ4v) is 0.851. The monoisotopic (exact) mass is 144 g/mol. The predicted octanol–water partition coefficient (Wildman–Crippen LogP) is -0.894. The van der Waals surface area contributed by atoms with Crippen molar-refractivity contribution in [3.8, 4) is 0 Å². The Morgan fingerprint density at radius 2 is 1.91 bits per heavy atom. The topological polar surface area (TPSA) is 9.23 Å². The van der Waals surface area contributed by atoms with Crippen molar-refractivity contribution < 1.29 is 23.6 Å². The van der Waals surface area contributed by atoms with Gasteiger partial charge in [-0.25, -0.2) is 12.2 Å². The second-order valence-corrected chi connectivity index (χ2v) is 2.32. The van der Waals surface area contributed by atoms with Gasteiger partial charge in [-0.05, 0) is 12.8 Å². The molecule has 11 heavy (non-hydrogen) atoms. The molecular formula is C9H13LiO. The van der Waals surface area contributed by atoms with Gasteiger partial charge in [0.15, 0.2) is 0 Å². The summed E-state index contributed by atoms with van der Waals surface area (Å²) in [5, 5.41) is 0. The minimum atomic E-state index is 0. The first kappa shape index (κ1) is 11.0. The van der Waals surface area contributed by atoms with Crippen LogP contribution in [-0.4, -0.2) is 13.2 Å². The first-order valence-corrected chi connectivity index (χ1v) is 3.79. The molecule has 0 aromatic heterocycles. The maximum atomic E-state index is 4.94. The molecule has 1 aliphatic carbocycles. The van der Waals surface area contributed by atoms with Crippen LogP contribution in [0.1, 0.15) is 19.3 Å². The van der Waals surface area contributed by atoms with Gasteiger partial charge < -0.3 is 4.74 Å². The molecule has 1 fully saturated rings. The van der Waals surface area contributed by atoms with Gasteiger partial charge in [0.1, 0.15) is 0 Å². The summed E-state index contributed by atoms with van der Waals surface area (Å²) in [5.41, 5.74) is 0. The van der Waals surface area contributed by atoms with E-state index in [0.717, 1.165) is 19.6 Å². The summed E-state index contributed by atoms with van der Waals surface area (Å²) in [6.45, 7) is 2.00. The van der Waals surface area contributed by atoms with Crippen molar-refractivity contribution in [1.29, 1.82) is 0 Å². The first-order valence-electron chi connectivity index (χ1n) is 3.79. The third-order valence-corrected chi connectivity index (χ3v) is 1.41. The Morgan fingerprint density at radius 3 is 2.09 bits per heavy atom. The van der Waals surface area contributed by atoms with E-state index in [0.29, 0.717) is 0 Å². The van der Waals surface area contributed by atoms with E-state index in [1.807, 2.05) is 12.2 Å². The molecule has 0 amide bonds. The van der Waals surface area contributed by atoms with E-state index in [-0.39, 0.29) is 18.9 Å². The van der Waals surface area contributed by atoms with Crippen molar-refractivity contribution in [2.75, 3.05) is 13.2 Å². The second-order valence-electron chi connectivity index (χ2n) is 2.32. The quantitative estimate of drug-likeness (QED) is 0.316. The number of allylic oxidation sites excluding steroid dienone is 4. The van der Waals surface area contributed by atoms with Gasteiger partial charge in [0.05, 0.1) is 0 Å². The fraction of sp³-hybridized carbons (Fsp3) is 0.556. The maximum Gasteiger partial charge on any atom is 1.00 e. The van der Waals surface area contributed by atoms with E-state index >= 15 is 0 Å². The summed E-state index contributed by atoms with van der Waals surface area (Å²) in [7, 11) is 0. The van der Waals surface area contributed by atoms with E-state index in [1.54, 1.807) is 0 Å². The SMILES string of the molecule is C1CCOC1.[C-]1=CC=CC1.[Li+]. The van der Waals surface area contributed by atoms with Gasteiger partial charge in [0, 0.05) is 13.2 Å². The van der Waals surface area contributed by atoms with Crippen LogP contribution in [0.4, 0.5) is 0 Å². The number of ether oxygens (including phenoxy) is 1. The molecule has 0 bridgehead atoms. The molecule has 0 unspecified atom stereocenters. The largest absolute Gasteiger partial charge is 1.00 e. The van der Waals surface area contributed by atoms with Crippen molar-refractivity contribution in [3.05, 3.63) is 24.3 Å². The zero-order chi connectivity index (χ0) is 7.07. The van der Waals surface area contributed by atoms with Gasteiger partial charge in [-0.2, -0.15) is 6.08 Å². The molecule has 1 heterocycles. The Hall–Kier alpha value is 0.0374. The van der Waals surface area contributed by atoms with Crippen LogP contribution in [0, 0.1) is 6.08 Å². The third kappa shape index (κ3) is 6.44. The Kier molecular flexibility index (Phi) is 8.16. The van der Waals surface area contributed by atoms with Gasteiger partial charge in [-0.1, -0.05) is 0 Å². The molecule has 0 saturated carbocycles. The Balaban J connectivity index is 0.000000167. The third-order valence-electron chi connectivity index (χ3n) is 1.41. The summed E-state index contributed by atoms with van der Waals surface area (Å²) in [4.78, 5) is 0. The molecule has 1 saturated heterocycles. The summed E-state index contributed by atoms with van der Waals surface area (Å²) < 4.78 is 4.94. The van der Waals surface area contributed by atoms with Crippen molar-refractivity contribution in [2.45, 2.75) is 19.3 Å². The molecule has 2 heteroatoms. The molecule has 2 aliphatic rings. The minimum absolute atomic E-state index is 0. The van der Waals surface area contributed by atoms with E-state index in [2.05, 4.69) is 12.2 Å². The zero-order valence-corrected chi connectivity index (χ0v) is 7.18. The molecule has 1 nitrogen and oxygen atoms in total. The van der Waals surface area contributed by atoms with Gasteiger partial charge in [0.2, 0.25) is 0 Å². The molecule has 0 radical (unpaired) electrons. The van der Waals surface area contributed by atoms with Crippen LogP contribution >= 0.6 is 0 Å². The van der Waals surface area contributed by atoms with Crippen molar-refractivity contribution >= 4 is 0 Å². The van der Waals surface area contributed by atoms with Crippen molar-refractivity contribution in [3.63, 3.8) is 0 Å². The van der Waals surface area contributed by atoms with Gasteiger partial charge >= 0.3 is 18.9 Å². The van der Waals surface area contributed by atoms with E-state index in [1.165, 1.54) is 12.8 Å². The van der Waals surface area contributed by atoms with E-state index < -0.39 is 0 Å². The molecule has 0 aromatic rings. The Bertz CT molecular complexity index is 108. The van der Waals surface area contributed by atoms with E-state index in [9.17, 15) is 0 Å². The maximum absolute atomic E-state index is 4.94. The molecule has 0 N–H and O–H groups in total. The molecule has 2 rings (SSSR count). The van der Waals surface area contributed by atoms with Crippen LogP contribution in [0.15, 0.2) is 18.2 Å². The van der Waals surface area contributed by atoms with Crippen LogP contribution in [0.2, 0.25) is 0 Å². The van der Waals surface area contributed by atoms with Gasteiger partial charge in [-0.3, -0.25) is 6.08 Å². The fourth-order valence-electron chi connectivity index (χ4n) is 0.851. The number of rotatable bonds is 0. The average molecular weight is 144 g/mol. The Labute approximate surface area is 80.7 Å². The molecule has 56 valence electrons. The average Bonchev–Trinajstić information content (AvgIpc) is 2.67.